The van der Waals surface area contributed by atoms with Crippen LogP contribution < -0.4 is 11.5 Å². The molecule has 0 heterocycles. The van der Waals surface area contributed by atoms with E-state index < -0.39 is 0 Å². The molecule has 11 heavy (non-hydrogen) atoms. The average molecular weight is 152 g/mol. The predicted octanol–water partition coefficient (Wildman–Crippen LogP) is 1.12. The Labute approximate surface area is 65.6 Å². The van der Waals surface area contributed by atoms with E-state index in [1.807, 2.05) is 6.92 Å². The van der Waals surface area contributed by atoms with Gasteiger partial charge in [-0.1, -0.05) is 6.92 Å². The van der Waals surface area contributed by atoms with Gasteiger partial charge in [0.05, 0.1) is 5.69 Å². The Hall–Kier alpha value is -1.38. The first-order chi connectivity index (χ1) is 5.16. The van der Waals surface area contributed by atoms with Crippen molar-refractivity contribution < 1.29 is 5.11 Å². The Balaban J connectivity index is 3.29. The maximum absolute atomic E-state index is 9.37. The van der Waals surface area contributed by atoms with Gasteiger partial charge in [0.2, 0.25) is 0 Å². The van der Waals surface area contributed by atoms with Gasteiger partial charge in [-0.15, -0.1) is 0 Å². The van der Waals surface area contributed by atoms with Crippen LogP contribution in [-0.4, -0.2) is 5.11 Å². The SMILES string of the molecule is CCc1c(N)ccc(N)c1O. The van der Waals surface area contributed by atoms with Crippen molar-refractivity contribution in [2.75, 3.05) is 11.5 Å². The fourth-order valence-corrected chi connectivity index (χ4v) is 1.04. The molecule has 0 fully saturated rings. The molecular formula is C8H12N2O. The Morgan fingerprint density at radius 2 is 1.82 bits per heavy atom. The Kier molecular flexibility index (Phi) is 1.89. The molecule has 0 amide bonds. The fraction of sp³-hybridized carbons (Fsp3) is 0.250. The zero-order chi connectivity index (χ0) is 8.43. The van der Waals surface area contributed by atoms with Crippen molar-refractivity contribution in [1.29, 1.82) is 0 Å². The highest BCUT2D eigenvalue weighted by Crippen LogP contribution is 2.29. The summed E-state index contributed by atoms with van der Waals surface area (Å²) in [6.07, 6.45) is 0.697. The van der Waals surface area contributed by atoms with E-state index in [2.05, 4.69) is 0 Å². The number of phenolic OH excluding ortho intramolecular Hbond substituents is 1. The summed E-state index contributed by atoms with van der Waals surface area (Å²) in [5, 5.41) is 9.37. The van der Waals surface area contributed by atoms with E-state index in [0.717, 1.165) is 5.56 Å². The van der Waals surface area contributed by atoms with Gasteiger partial charge < -0.3 is 16.6 Å². The fourth-order valence-electron chi connectivity index (χ4n) is 1.04. The minimum Gasteiger partial charge on any atom is -0.505 e. The van der Waals surface area contributed by atoms with Gasteiger partial charge in [0.1, 0.15) is 5.75 Å². The van der Waals surface area contributed by atoms with Gasteiger partial charge in [-0.3, -0.25) is 0 Å². The van der Waals surface area contributed by atoms with Crippen molar-refractivity contribution in [3.05, 3.63) is 17.7 Å². The quantitative estimate of drug-likeness (QED) is 0.417. The zero-order valence-electron chi connectivity index (χ0n) is 6.46. The molecule has 3 heteroatoms. The van der Waals surface area contributed by atoms with Gasteiger partial charge in [0, 0.05) is 11.3 Å². The van der Waals surface area contributed by atoms with Crippen LogP contribution in [0, 0.1) is 0 Å². The molecule has 0 aliphatic rings. The monoisotopic (exact) mass is 152 g/mol. The molecular weight excluding hydrogens is 140 g/mol. The average Bonchev–Trinajstić information content (AvgIpc) is 1.99. The van der Waals surface area contributed by atoms with E-state index in [1.165, 1.54) is 0 Å². The van der Waals surface area contributed by atoms with Gasteiger partial charge in [-0.05, 0) is 18.6 Å². The van der Waals surface area contributed by atoms with Crippen LogP contribution in [0.15, 0.2) is 12.1 Å². The summed E-state index contributed by atoms with van der Waals surface area (Å²) in [4.78, 5) is 0. The van der Waals surface area contributed by atoms with Crippen LogP contribution in [0.1, 0.15) is 12.5 Å². The highest BCUT2D eigenvalue weighted by atomic mass is 16.3. The van der Waals surface area contributed by atoms with Crippen LogP contribution >= 0.6 is 0 Å². The summed E-state index contributed by atoms with van der Waals surface area (Å²) >= 11 is 0. The van der Waals surface area contributed by atoms with E-state index in [0.29, 0.717) is 17.8 Å². The number of anilines is 2. The van der Waals surface area contributed by atoms with E-state index in [-0.39, 0.29) is 5.75 Å². The molecule has 60 valence electrons. The van der Waals surface area contributed by atoms with Crippen LogP contribution in [0.4, 0.5) is 11.4 Å². The predicted molar refractivity (Wildman–Crippen MR) is 46.3 cm³/mol. The minimum absolute atomic E-state index is 0.118. The van der Waals surface area contributed by atoms with Crippen molar-refractivity contribution in [2.24, 2.45) is 0 Å². The lowest BCUT2D eigenvalue weighted by molar-refractivity contribution is 0.472. The van der Waals surface area contributed by atoms with Gasteiger partial charge in [0.15, 0.2) is 0 Å². The second kappa shape index (κ2) is 2.70. The standard InChI is InChI=1S/C8H12N2O/c1-2-5-6(9)3-4-7(10)8(5)11/h3-4,11H,2,9-10H2,1H3. The molecule has 1 aromatic carbocycles. The second-order valence-corrected chi connectivity index (χ2v) is 2.42. The number of nitrogen functional groups attached to an aromatic ring is 2. The van der Waals surface area contributed by atoms with Gasteiger partial charge >= 0.3 is 0 Å². The molecule has 1 rings (SSSR count). The summed E-state index contributed by atoms with van der Waals surface area (Å²) in [6.45, 7) is 1.92. The number of phenols is 1. The number of aromatic hydroxyl groups is 1. The zero-order valence-corrected chi connectivity index (χ0v) is 6.46. The summed E-state index contributed by atoms with van der Waals surface area (Å²) in [5.74, 6) is 0.118. The van der Waals surface area contributed by atoms with E-state index in [4.69, 9.17) is 11.5 Å². The largest absolute Gasteiger partial charge is 0.505 e. The molecule has 0 saturated heterocycles. The van der Waals surface area contributed by atoms with E-state index in [9.17, 15) is 5.11 Å². The Morgan fingerprint density at radius 3 is 2.27 bits per heavy atom. The molecule has 0 saturated carbocycles. The maximum Gasteiger partial charge on any atom is 0.143 e. The molecule has 0 aliphatic carbocycles. The highest BCUT2D eigenvalue weighted by Gasteiger charge is 2.05. The van der Waals surface area contributed by atoms with Gasteiger partial charge in [-0.2, -0.15) is 0 Å². The molecule has 0 atom stereocenters. The van der Waals surface area contributed by atoms with E-state index >= 15 is 0 Å². The lowest BCUT2D eigenvalue weighted by Gasteiger charge is -2.07. The smallest absolute Gasteiger partial charge is 0.143 e. The molecule has 1 aromatic rings. The second-order valence-electron chi connectivity index (χ2n) is 2.42. The molecule has 0 aliphatic heterocycles. The molecule has 0 spiro atoms. The van der Waals surface area contributed by atoms with Crippen molar-refractivity contribution in [3.8, 4) is 5.75 Å². The summed E-state index contributed by atoms with van der Waals surface area (Å²) in [7, 11) is 0. The normalized spacial score (nSPS) is 9.91. The third-order valence-electron chi connectivity index (χ3n) is 1.70. The third-order valence-corrected chi connectivity index (χ3v) is 1.70. The Bertz CT molecular complexity index is 271. The van der Waals surface area contributed by atoms with Crippen molar-refractivity contribution >= 4 is 11.4 Å². The molecule has 0 unspecified atom stereocenters. The first-order valence-corrected chi connectivity index (χ1v) is 3.52. The highest BCUT2D eigenvalue weighted by molar-refractivity contribution is 5.65. The lowest BCUT2D eigenvalue weighted by atomic mass is 10.1. The van der Waals surface area contributed by atoms with Crippen LogP contribution in [0.2, 0.25) is 0 Å². The number of rotatable bonds is 1. The third kappa shape index (κ3) is 1.22. The van der Waals surface area contributed by atoms with Crippen molar-refractivity contribution in [2.45, 2.75) is 13.3 Å². The van der Waals surface area contributed by atoms with Crippen LogP contribution in [0.5, 0.6) is 5.75 Å². The Morgan fingerprint density at radius 1 is 1.27 bits per heavy atom. The number of hydrogen-bond donors (Lipinski definition) is 3. The summed E-state index contributed by atoms with van der Waals surface area (Å²) in [6, 6.07) is 3.30. The van der Waals surface area contributed by atoms with E-state index in [1.54, 1.807) is 12.1 Å². The molecule has 3 nitrogen and oxygen atoms in total. The van der Waals surface area contributed by atoms with Crippen molar-refractivity contribution in [3.63, 3.8) is 0 Å². The minimum atomic E-state index is 0.118. The topological polar surface area (TPSA) is 72.3 Å². The van der Waals surface area contributed by atoms with Gasteiger partial charge in [-0.25, -0.2) is 0 Å². The number of hydrogen-bond acceptors (Lipinski definition) is 3. The summed E-state index contributed by atoms with van der Waals surface area (Å²) in [5.41, 5.74) is 12.8. The molecule has 0 aromatic heterocycles. The first kappa shape index (κ1) is 7.72. The number of benzene rings is 1. The summed E-state index contributed by atoms with van der Waals surface area (Å²) < 4.78 is 0. The van der Waals surface area contributed by atoms with Crippen LogP contribution in [-0.2, 0) is 6.42 Å². The maximum atomic E-state index is 9.37. The number of nitrogens with two attached hydrogens (primary N) is 2. The molecule has 5 N–H and O–H groups in total. The van der Waals surface area contributed by atoms with Crippen molar-refractivity contribution in [1.82, 2.24) is 0 Å². The lowest BCUT2D eigenvalue weighted by Crippen LogP contribution is -1.96. The van der Waals surface area contributed by atoms with Crippen LogP contribution in [0.25, 0.3) is 0 Å². The molecule has 0 bridgehead atoms. The first-order valence-electron chi connectivity index (χ1n) is 3.52. The molecule has 0 radical (unpaired) electrons. The van der Waals surface area contributed by atoms with Crippen LogP contribution in [0.3, 0.4) is 0 Å². The van der Waals surface area contributed by atoms with Gasteiger partial charge in [0.25, 0.3) is 0 Å².